The van der Waals surface area contributed by atoms with E-state index in [1.807, 2.05) is 0 Å². The van der Waals surface area contributed by atoms with Gasteiger partial charge in [-0.3, -0.25) is 4.79 Å². The SMILES string of the molecule is O=C(c1ccc(Oc2ccc(On3cccn3)cc2)cc1)c1cc(Cl)ccc1Cl. The van der Waals surface area contributed by atoms with E-state index in [0.717, 1.165) is 0 Å². The van der Waals surface area contributed by atoms with Crippen LogP contribution in [0.25, 0.3) is 0 Å². The zero-order valence-corrected chi connectivity index (χ0v) is 16.5. The molecule has 0 radical (unpaired) electrons. The van der Waals surface area contributed by atoms with E-state index in [9.17, 15) is 4.79 Å². The average Bonchev–Trinajstić information content (AvgIpc) is 3.24. The van der Waals surface area contributed by atoms with Crippen LogP contribution < -0.4 is 9.57 Å². The van der Waals surface area contributed by atoms with Crippen molar-refractivity contribution >= 4 is 29.0 Å². The molecule has 3 aromatic carbocycles. The van der Waals surface area contributed by atoms with Gasteiger partial charge in [0.25, 0.3) is 0 Å². The van der Waals surface area contributed by atoms with Gasteiger partial charge in [0.05, 0.1) is 17.4 Å². The van der Waals surface area contributed by atoms with Crippen molar-refractivity contribution in [1.82, 2.24) is 9.94 Å². The number of hydrogen-bond donors (Lipinski definition) is 0. The van der Waals surface area contributed by atoms with Crippen molar-refractivity contribution in [1.29, 1.82) is 0 Å². The summed E-state index contributed by atoms with van der Waals surface area (Å²) in [7, 11) is 0. The monoisotopic (exact) mass is 424 g/mol. The highest BCUT2D eigenvalue weighted by atomic mass is 35.5. The largest absolute Gasteiger partial charge is 0.457 e. The number of halogens is 2. The van der Waals surface area contributed by atoms with Crippen molar-refractivity contribution in [3.63, 3.8) is 0 Å². The highest BCUT2D eigenvalue weighted by Gasteiger charge is 2.13. The second-order valence-corrected chi connectivity index (χ2v) is 6.89. The van der Waals surface area contributed by atoms with E-state index in [0.29, 0.717) is 38.4 Å². The minimum absolute atomic E-state index is 0.204. The lowest BCUT2D eigenvalue weighted by atomic mass is 10.0. The van der Waals surface area contributed by atoms with Gasteiger partial charge in [0.15, 0.2) is 11.5 Å². The number of benzene rings is 3. The summed E-state index contributed by atoms with van der Waals surface area (Å²) >= 11 is 12.1. The van der Waals surface area contributed by atoms with Crippen molar-refractivity contribution < 1.29 is 14.4 Å². The predicted octanol–water partition coefficient (Wildman–Crippen LogP) is 6.06. The van der Waals surface area contributed by atoms with E-state index >= 15 is 0 Å². The summed E-state index contributed by atoms with van der Waals surface area (Å²) in [4.78, 5) is 19.5. The minimum Gasteiger partial charge on any atom is -0.457 e. The Labute approximate surface area is 177 Å². The Kier molecular flexibility index (Phi) is 5.51. The highest BCUT2D eigenvalue weighted by Crippen LogP contribution is 2.27. The highest BCUT2D eigenvalue weighted by molar-refractivity contribution is 6.36. The van der Waals surface area contributed by atoms with Crippen LogP contribution in [0.5, 0.6) is 17.2 Å². The Balaban J connectivity index is 1.44. The van der Waals surface area contributed by atoms with Crippen LogP contribution in [-0.4, -0.2) is 15.7 Å². The fourth-order valence-electron chi connectivity index (χ4n) is 2.62. The lowest BCUT2D eigenvalue weighted by Crippen LogP contribution is -2.04. The third-order valence-corrected chi connectivity index (χ3v) is 4.59. The van der Waals surface area contributed by atoms with Gasteiger partial charge in [0.2, 0.25) is 0 Å². The van der Waals surface area contributed by atoms with Crippen molar-refractivity contribution in [2.45, 2.75) is 0 Å². The molecule has 29 heavy (non-hydrogen) atoms. The molecular weight excluding hydrogens is 411 g/mol. The van der Waals surface area contributed by atoms with Gasteiger partial charge in [-0.1, -0.05) is 23.2 Å². The van der Waals surface area contributed by atoms with E-state index in [1.54, 1.807) is 85.2 Å². The number of carbonyl (C=O) groups is 1. The Morgan fingerprint density at radius 2 is 1.52 bits per heavy atom. The van der Waals surface area contributed by atoms with Crippen molar-refractivity contribution in [3.05, 3.63) is 106 Å². The number of aromatic nitrogens is 2. The maximum Gasteiger partial charge on any atom is 0.194 e. The molecule has 0 unspecified atom stereocenters. The molecule has 0 fully saturated rings. The fraction of sp³-hybridized carbons (Fsp3) is 0. The van der Waals surface area contributed by atoms with Gasteiger partial charge < -0.3 is 9.57 Å². The van der Waals surface area contributed by atoms with E-state index in [-0.39, 0.29) is 5.78 Å². The molecule has 1 aromatic heterocycles. The van der Waals surface area contributed by atoms with Crippen LogP contribution in [0.2, 0.25) is 10.0 Å². The zero-order valence-electron chi connectivity index (χ0n) is 15.0. The number of ether oxygens (including phenoxy) is 1. The van der Waals surface area contributed by atoms with Gasteiger partial charge in [-0.15, -0.1) is 9.94 Å². The van der Waals surface area contributed by atoms with Gasteiger partial charge in [0.1, 0.15) is 11.5 Å². The predicted molar refractivity (Wildman–Crippen MR) is 111 cm³/mol. The summed E-state index contributed by atoms with van der Waals surface area (Å²) in [6.07, 6.45) is 3.33. The Morgan fingerprint density at radius 3 is 2.17 bits per heavy atom. The van der Waals surface area contributed by atoms with Gasteiger partial charge in [-0.2, -0.15) is 0 Å². The van der Waals surface area contributed by atoms with E-state index in [2.05, 4.69) is 5.10 Å². The van der Waals surface area contributed by atoms with Crippen LogP contribution in [0, 0.1) is 0 Å². The molecule has 4 aromatic rings. The summed E-state index contributed by atoms with van der Waals surface area (Å²) in [5, 5.41) is 4.79. The number of hydrogen-bond acceptors (Lipinski definition) is 4. The molecule has 5 nitrogen and oxygen atoms in total. The first kappa shape index (κ1) is 19.1. The molecule has 4 rings (SSSR count). The standard InChI is InChI=1S/C22H14Cl2N2O3/c23-16-4-11-21(24)20(14-16)22(27)15-2-5-17(6-3-15)28-18-7-9-19(10-8-18)29-26-13-1-12-25-26/h1-14H. The Bertz CT molecular complexity index is 1130. The normalized spacial score (nSPS) is 10.6. The molecule has 0 aliphatic carbocycles. The molecule has 0 bridgehead atoms. The van der Waals surface area contributed by atoms with Crippen molar-refractivity contribution in [2.75, 3.05) is 0 Å². The van der Waals surface area contributed by atoms with E-state index in [4.69, 9.17) is 32.8 Å². The lowest BCUT2D eigenvalue weighted by Gasteiger charge is -2.09. The molecule has 0 atom stereocenters. The molecule has 7 heteroatoms. The van der Waals surface area contributed by atoms with E-state index in [1.165, 1.54) is 4.85 Å². The summed E-state index contributed by atoms with van der Waals surface area (Å²) in [6, 6.07) is 20.5. The fourth-order valence-corrected chi connectivity index (χ4v) is 3.00. The van der Waals surface area contributed by atoms with Gasteiger partial charge in [-0.05, 0) is 72.8 Å². The summed E-state index contributed by atoms with van der Waals surface area (Å²) in [5.74, 6) is 1.65. The third-order valence-electron chi connectivity index (χ3n) is 4.03. The topological polar surface area (TPSA) is 53.4 Å². The summed E-state index contributed by atoms with van der Waals surface area (Å²) in [6.45, 7) is 0. The maximum atomic E-state index is 12.7. The molecule has 0 aliphatic rings. The molecule has 0 amide bonds. The molecule has 0 saturated heterocycles. The van der Waals surface area contributed by atoms with Crippen molar-refractivity contribution in [2.24, 2.45) is 0 Å². The summed E-state index contributed by atoms with van der Waals surface area (Å²) in [5.41, 5.74) is 0.852. The van der Waals surface area contributed by atoms with Gasteiger partial charge in [0, 0.05) is 16.1 Å². The molecule has 0 aliphatic heterocycles. The first-order valence-electron chi connectivity index (χ1n) is 8.64. The number of ketones is 1. The molecule has 144 valence electrons. The molecule has 0 saturated carbocycles. The van der Waals surface area contributed by atoms with Gasteiger partial charge >= 0.3 is 0 Å². The van der Waals surface area contributed by atoms with Crippen LogP contribution in [0.4, 0.5) is 0 Å². The lowest BCUT2D eigenvalue weighted by molar-refractivity contribution is 0.103. The zero-order chi connectivity index (χ0) is 20.2. The van der Waals surface area contributed by atoms with E-state index < -0.39 is 0 Å². The quantitative estimate of drug-likeness (QED) is 0.353. The number of rotatable bonds is 6. The molecular formula is C22H14Cl2N2O3. The second-order valence-electron chi connectivity index (χ2n) is 6.05. The summed E-state index contributed by atoms with van der Waals surface area (Å²) < 4.78 is 5.82. The Morgan fingerprint density at radius 1 is 0.862 bits per heavy atom. The smallest absolute Gasteiger partial charge is 0.194 e. The number of nitrogens with zero attached hydrogens (tertiary/aromatic N) is 2. The van der Waals surface area contributed by atoms with Crippen molar-refractivity contribution in [3.8, 4) is 17.2 Å². The Hall–Kier alpha value is -3.28. The first-order chi connectivity index (χ1) is 14.1. The molecule has 1 heterocycles. The van der Waals surface area contributed by atoms with Crippen LogP contribution in [0.3, 0.4) is 0 Å². The maximum absolute atomic E-state index is 12.7. The van der Waals surface area contributed by atoms with Crippen LogP contribution in [0.1, 0.15) is 15.9 Å². The van der Waals surface area contributed by atoms with Crippen LogP contribution in [0.15, 0.2) is 85.2 Å². The third kappa shape index (κ3) is 4.59. The number of carbonyl (C=O) groups excluding carboxylic acids is 1. The molecule has 0 N–H and O–H groups in total. The van der Waals surface area contributed by atoms with Crippen LogP contribution >= 0.6 is 23.2 Å². The van der Waals surface area contributed by atoms with Gasteiger partial charge in [-0.25, -0.2) is 0 Å². The second kappa shape index (κ2) is 8.39. The minimum atomic E-state index is -0.204. The van der Waals surface area contributed by atoms with Crippen LogP contribution in [-0.2, 0) is 0 Å². The molecule has 0 spiro atoms. The first-order valence-corrected chi connectivity index (χ1v) is 9.40. The average molecular weight is 425 g/mol.